The van der Waals surface area contributed by atoms with Crippen molar-refractivity contribution in [2.45, 2.75) is 0 Å². The van der Waals surface area contributed by atoms with Crippen LogP contribution in [0.15, 0.2) is 24.3 Å². The largest absolute Gasteiger partial charge is 0.763 e. The monoisotopic (exact) mass is 141 g/mol. The molecular formula is C9H5N2-. The van der Waals surface area contributed by atoms with Gasteiger partial charge in [-0.1, -0.05) is 18.2 Å². The fraction of sp³-hybridized carbons (Fsp3) is 0. The molecule has 2 heteroatoms. The molecule has 0 spiro atoms. The molecule has 0 fully saturated rings. The van der Waals surface area contributed by atoms with Crippen molar-refractivity contribution in [2.75, 3.05) is 0 Å². The predicted octanol–water partition coefficient (Wildman–Crippen LogP) is 1.81. The quantitative estimate of drug-likeness (QED) is 0.550. The molecule has 52 valence electrons. The summed E-state index contributed by atoms with van der Waals surface area (Å²) < 4.78 is 0. The highest BCUT2D eigenvalue weighted by atomic mass is 14.3. The first kappa shape index (κ1) is 7.27. The second kappa shape index (κ2) is 3.36. The third kappa shape index (κ3) is 1.54. The summed E-state index contributed by atoms with van der Waals surface area (Å²) >= 11 is 0. The standard InChI is InChI=1S/C9H5N2/c10-6-5-8-3-1-2-4-9(8)7-11/h1-5H/q-1. The van der Waals surface area contributed by atoms with Crippen molar-refractivity contribution in [3.8, 4) is 6.07 Å². The molecule has 0 N–H and O–H groups in total. The molecule has 0 aliphatic heterocycles. The van der Waals surface area contributed by atoms with Crippen LogP contribution in [0.5, 0.6) is 0 Å². The van der Waals surface area contributed by atoms with Crippen LogP contribution in [0.4, 0.5) is 0 Å². The molecule has 1 aromatic carbocycles. The van der Waals surface area contributed by atoms with Gasteiger partial charge in [0.05, 0.1) is 11.6 Å². The van der Waals surface area contributed by atoms with Gasteiger partial charge in [0.1, 0.15) is 0 Å². The van der Waals surface area contributed by atoms with E-state index in [1.165, 1.54) is 6.08 Å². The Kier molecular flexibility index (Phi) is 2.22. The third-order valence-electron chi connectivity index (χ3n) is 1.30. The van der Waals surface area contributed by atoms with Gasteiger partial charge >= 0.3 is 0 Å². The molecule has 0 heterocycles. The Morgan fingerprint density at radius 2 is 2.09 bits per heavy atom. The van der Waals surface area contributed by atoms with Crippen molar-refractivity contribution in [3.05, 3.63) is 40.8 Å². The van der Waals surface area contributed by atoms with E-state index in [0.29, 0.717) is 11.1 Å². The van der Waals surface area contributed by atoms with Crippen molar-refractivity contribution >= 4 is 11.9 Å². The molecule has 0 atom stereocenters. The summed E-state index contributed by atoms with van der Waals surface area (Å²) in [5.41, 5.74) is 1.21. The normalized spacial score (nSPS) is 7.91. The molecule has 0 bridgehead atoms. The molecule has 2 nitrogen and oxygen atoms in total. The Bertz CT molecular complexity index is 341. The first-order valence-corrected chi connectivity index (χ1v) is 3.10. The molecule has 1 aromatic rings. The number of rotatable bonds is 1. The topological polar surface area (TPSA) is 46.1 Å². The van der Waals surface area contributed by atoms with Gasteiger partial charge in [-0.15, -0.1) is 0 Å². The van der Waals surface area contributed by atoms with Gasteiger partial charge in [-0.05, 0) is 17.7 Å². The van der Waals surface area contributed by atoms with Crippen molar-refractivity contribution in [1.82, 2.24) is 0 Å². The predicted molar refractivity (Wildman–Crippen MR) is 44.0 cm³/mol. The Hall–Kier alpha value is -1.84. The minimum atomic E-state index is 0.536. The summed E-state index contributed by atoms with van der Waals surface area (Å²) in [6.07, 6.45) is 1.36. The van der Waals surface area contributed by atoms with Gasteiger partial charge in [0.25, 0.3) is 0 Å². The maximum absolute atomic E-state index is 8.57. The molecule has 0 aromatic heterocycles. The van der Waals surface area contributed by atoms with Crippen molar-refractivity contribution in [1.29, 1.82) is 5.26 Å². The van der Waals surface area contributed by atoms with Gasteiger partial charge in [0, 0.05) is 0 Å². The molecule has 0 amide bonds. The van der Waals surface area contributed by atoms with Crippen LogP contribution in [0.2, 0.25) is 0 Å². The molecule has 1 rings (SSSR count). The van der Waals surface area contributed by atoms with Crippen LogP contribution in [0, 0.1) is 11.3 Å². The van der Waals surface area contributed by atoms with Gasteiger partial charge in [-0.25, -0.2) is 0 Å². The van der Waals surface area contributed by atoms with Gasteiger partial charge in [-0.2, -0.15) is 5.26 Å². The maximum atomic E-state index is 8.57. The van der Waals surface area contributed by atoms with E-state index in [1.807, 2.05) is 11.9 Å². The molecule has 0 saturated carbocycles. The third-order valence-corrected chi connectivity index (χ3v) is 1.30. The second-order valence-electron chi connectivity index (χ2n) is 1.97. The number of hydrogen-bond donors (Lipinski definition) is 0. The number of nitriles is 1. The lowest BCUT2D eigenvalue weighted by atomic mass is 10.1. The summed E-state index contributed by atoms with van der Waals surface area (Å²) in [4.78, 5) is 0. The summed E-state index contributed by atoms with van der Waals surface area (Å²) in [6.45, 7) is 0. The van der Waals surface area contributed by atoms with Crippen LogP contribution >= 0.6 is 0 Å². The minimum absolute atomic E-state index is 0.536. The van der Waals surface area contributed by atoms with Crippen LogP contribution in [0.25, 0.3) is 11.5 Å². The van der Waals surface area contributed by atoms with Crippen molar-refractivity contribution < 1.29 is 0 Å². The second-order valence-corrected chi connectivity index (χ2v) is 1.97. The van der Waals surface area contributed by atoms with Gasteiger partial charge < -0.3 is 5.41 Å². The highest BCUT2D eigenvalue weighted by molar-refractivity contribution is 5.81. The Morgan fingerprint density at radius 1 is 1.36 bits per heavy atom. The fourth-order valence-corrected chi connectivity index (χ4v) is 0.794. The van der Waals surface area contributed by atoms with E-state index in [2.05, 4.69) is 0 Å². The van der Waals surface area contributed by atoms with Gasteiger partial charge in [0.2, 0.25) is 0 Å². The summed E-state index contributed by atoms with van der Waals surface area (Å²) in [5.74, 6) is 1.88. The van der Waals surface area contributed by atoms with Crippen LogP contribution in [0.3, 0.4) is 0 Å². The average Bonchev–Trinajstić information content (AvgIpc) is 2.06. The van der Waals surface area contributed by atoms with Crippen molar-refractivity contribution in [3.63, 3.8) is 0 Å². The fourth-order valence-electron chi connectivity index (χ4n) is 0.794. The van der Waals surface area contributed by atoms with E-state index < -0.39 is 0 Å². The molecule has 0 aliphatic carbocycles. The van der Waals surface area contributed by atoms with Crippen LogP contribution in [-0.4, -0.2) is 5.87 Å². The average molecular weight is 141 g/mol. The minimum Gasteiger partial charge on any atom is -0.763 e. The lowest BCUT2D eigenvalue weighted by Crippen LogP contribution is -1.79. The first-order chi connectivity index (χ1) is 5.38. The maximum Gasteiger partial charge on any atom is 0.0998 e. The molecule has 0 saturated heterocycles. The zero-order valence-corrected chi connectivity index (χ0v) is 5.78. The zero-order valence-electron chi connectivity index (χ0n) is 5.78. The Labute approximate surface area is 64.9 Å². The summed E-state index contributed by atoms with van der Waals surface area (Å²) in [5, 5.41) is 16.9. The smallest absolute Gasteiger partial charge is 0.0998 e. The number of benzene rings is 1. The Morgan fingerprint density at radius 3 is 2.73 bits per heavy atom. The van der Waals surface area contributed by atoms with E-state index in [-0.39, 0.29) is 0 Å². The highest BCUT2D eigenvalue weighted by Crippen LogP contribution is 2.06. The van der Waals surface area contributed by atoms with E-state index in [9.17, 15) is 0 Å². The van der Waals surface area contributed by atoms with E-state index in [4.69, 9.17) is 10.7 Å². The Balaban J connectivity index is 3.25. The molecule has 0 aliphatic rings. The van der Waals surface area contributed by atoms with Crippen molar-refractivity contribution in [2.24, 2.45) is 0 Å². The lowest BCUT2D eigenvalue weighted by molar-refractivity contribution is 1.47. The zero-order chi connectivity index (χ0) is 8.10. The molecule has 11 heavy (non-hydrogen) atoms. The van der Waals surface area contributed by atoms with E-state index in [0.717, 1.165) is 0 Å². The van der Waals surface area contributed by atoms with E-state index >= 15 is 0 Å². The molecule has 0 unspecified atom stereocenters. The highest BCUT2D eigenvalue weighted by Gasteiger charge is 1.92. The summed E-state index contributed by atoms with van der Waals surface area (Å²) in [7, 11) is 0. The van der Waals surface area contributed by atoms with Crippen LogP contribution in [-0.2, 0) is 0 Å². The number of hydrogen-bond acceptors (Lipinski definition) is 1. The SMILES string of the molecule is N#Cc1ccccc1C=C=[N-]. The first-order valence-electron chi connectivity index (χ1n) is 3.10. The van der Waals surface area contributed by atoms with Gasteiger partial charge in [-0.3, -0.25) is 5.87 Å². The van der Waals surface area contributed by atoms with E-state index in [1.54, 1.807) is 24.3 Å². The molecular weight excluding hydrogens is 136 g/mol. The lowest BCUT2D eigenvalue weighted by Gasteiger charge is -1.93. The van der Waals surface area contributed by atoms with Crippen LogP contribution < -0.4 is 0 Å². The molecule has 0 radical (unpaired) electrons. The summed E-state index contributed by atoms with van der Waals surface area (Å²) in [6, 6.07) is 8.99. The number of nitrogens with zero attached hydrogens (tertiary/aromatic N) is 2. The van der Waals surface area contributed by atoms with Gasteiger partial charge in [0.15, 0.2) is 0 Å². The van der Waals surface area contributed by atoms with Crippen LogP contribution in [0.1, 0.15) is 11.1 Å².